The summed E-state index contributed by atoms with van der Waals surface area (Å²) >= 11 is 5.87. The molecule has 2 aromatic rings. The first-order chi connectivity index (χ1) is 8.06. The van der Waals surface area contributed by atoms with Crippen molar-refractivity contribution in [3.8, 4) is 5.75 Å². The largest absolute Gasteiger partial charge is 0.508 e. The number of halogens is 1. The summed E-state index contributed by atoms with van der Waals surface area (Å²) in [6.07, 6.45) is 3.18. The Hall–Kier alpha value is -2.01. The molecule has 0 atom stereocenters. The number of aromatic hydroxyl groups is 1. The smallest absolute Gasteiger partial charge is 0.257 e. The highest BCUT2D eigenvalue weighted by Gasteiger charge is 2.12. The molecule has 0 saturated heterocycles. The van der Waals surface area contributed by atoms with Crippen LogP contribution in [0.2, 0.25) is 5.02 Å². The molecular formula is C11H10ClN3O2. The van der Waals surface area contributed by atoms with Gasteiger partial charge in [-0.15, -0.1) is 0 Å². The SMILES string of the molecule is Cn1cc(NC(=O)c2cc(O)ccc2Cl)cn1. The van der Waals surface area contributed by atoms with Gasteiger partial charge in [0.2, 0.25) is 0 Å². The number of benzene rings is 1. The van der Waals surface area contributed by atoms with Crippen LogP contribution < -0.4 is 5.32 Å². The van der Waals surface area contributed by atoms with E-state index in [0.717, 1.165) is 0 Å². The number of hydrogen-bond donors (Lipinski definition) is 2. The van der Waals surface area contributed by atoms with Gasteiger partial charge in [0.25, 0.3) is 5.91 Å². The molecule has 2 rings (SSSR count). The highest BCUT2D eigenvalue weighted by Crippen LogP contribution is 2.22. The summed E-state index contributed by atoms with van der Waals surface area (Å²) < 4.78 is 1.57. The number of phenolic OH excluding ortho intramolecular Hbond substituents is 1. The summed E-state index contributed by atoms with van der Waals surface area (Å²) in [7, 11) is 1.75. The summed E-state index contributed by atoms with van der Waals surface area (Å²) in [6.45, 7) is 0. The van der Waals surface area contributed by atoms with Crippen molar-refractivity contribution in [3.05, 3.63) is 41.2 Å². The Labute approximate surface area is 103 Å². The first kappa shape index (κ1) is 11.5. The molecule has 1 aromatic heterocycles. The summed E-state index contributed by atoms with van der Waals surface area (Å²) in [5.41, 5.74) is 0.785. The second-order valence-electron chi connectivity index (χ2n) is 3.52. The van der Waals surface area contributed by atoms with Crippen LogP contribution >= 0.6 is 11.6 Å². The molecule has 0 aliphatic heterocycles. The predicted octanol–water partition coefficient (Wildman–Crippen LogP) is 2.03. The molecule has 6 heteroatoms. The summed E-state index contributed by atoms with van der Waals surface area (Å²) in [4.78, 5) is 11.9. The third-order valence-corrected chi connectivity index (χ3v) is 2.49. The van der Waals surface area contributed by atoms with Crippen molar-refractivity contribution >= 4 is 23.2 Å². The van der Waals surface area contributed by atoms with Gasteiger partial charge in [0.1, 0.15) is 5.75 Å². The van der Waals surface area contributed by atoms with Crippen LogP contribution in [-0.4, -0.2) is 20.8 Å². The molecule has 0 saturated carbocycles. The fourth-order valence-electron chi connectivity index (χ4n) is 1.37. The van der Waals surface area contributed by atoms with Crippen LogP contribution in [0.5, 0.6) is 5.75 Å². The second-order valence-corrected chi connectivity index (χ2v) is 3.93. The third-order valence-electron chi connectivity index (χ3n) is 2.16. The summed E-state index contributed by atoms with van der Waals surface area (Å²) in [5.74, 6) is -0.398. The van der Waals surface area contributed by atoms with E-state index in [9.17, 15) is 9.90 Å². The number of anilines is 1. The van der Waals surface area contributed by atoms with Crippen LogP contribution in [0.1, 0.15) is 10.4 Å². The van der Waals surface area contributed by atoms with Crippen molar-refractivity contribution in [1.29, 1.82) is 0 Å². The molecule has 88 valence electrons. The lowest BCUT2D eigenvalue weighted by molar-refractivity contribution is 0.102. The standard InChI is InChI=1S/C11H10ClN3O2/c1-15-6-7(5-13-15)14-11(17)9-4-8(16)2-3-10(9)12/h2-6,16H,1H3,(H,14,17). The van der Waals surface area contributed by atoms with Gasteiger partial charge in [-0.25, -0.2) is 0 Å². The van der Waals surface area contributed by atoms with Crippen LogP contribution in [0.15, 0.2) is 30.6 Å². The number of rotatable bonds is 2. The molecule has 5 nitrogen and oxygen atoms in total. The number of aryl methyl sites for hydroxylation is 1. The van der Waals surface area contributed by atoms with E-state index in [0.29, 0.717) is 5.69 Å². The predicted molar refractivity (Wildman–Crippen MR) is 64.3 cm³/mol. The van der Waals surface area contributed by atoms with Crippen LogP contribution in [0.25, 0.3) is 0 Å². The Morgan fingerprint density at radius 1 is 1.53 bits per heavy atom. The minimum atomic E-state index is -0.390. The van der Waals surface area contributed by atoms with Crippen LogP contribution in [-0.2, 0) is 7.05 Å². The number of nitrogens with one attached hydrogen (secondary N) is 1. The van der Waals surface area contributed by atoms with Crippen LogP contribution in [0, 0.1) is 0 Å². The molecule has 2 N–H and O–H groups in total. The molecular weight excluding hydrogens is 242 g/mol. The average Bonchev–Trinajstić information content (AvgIpc) is 2.67. The molecule has 0 spiro atoms. The van der Waals surface area contributed by atoms with Gasteiger partial charge >= 0.3 is 0 Å². The lowest BCUT2D eigenvalue weighted by Gasteiger charge is -2.04. The minimum absolute atomic E-state index is 0.00858. The molecule has 0 aliphatic carbocycles. The van der Waals surface area contributed by atoms with Gasteiger partial charge in [0, 0.05) is 13.2 Å². The monoisotopic (exact) mass is 251 g/mol. The zero-order valence-electron chi connectivity index (χ0n) is 9.01. The quantitative estimate of drug-likeness (QED) is 0.858. The number of hydrogen-bond acceptors (Lipinski definition) is 3. The zero-order valence-corrected chi connectivity index (χ0v) is 9.77. The Bertz CT molecular complexity index is 566. The van der Waals surface area contributed by atoms with Crippen molar-refractivity contribution < 1.29 is 9.90 Å². The number of amides is 1. The molecule has 17 heavy (non-hydrogen) atoms. The maximum absolute atomic E-state index is 11.9. The van der Waals surface area contributed by atoms with Crippen LogP contribution in [0.3, 0.4) is 0 Å². The van der Waals surface area contributed by atoms with E-state index in [2.05, 4.69) is 10.4 Å². The number of nitrogens with zero attached hydrogens (tertiary/aromatic N) is 2. The topological polar surface area (TPSA) is 67.2 Å². The Kier molecular flexibility index (Phi) is 3.01. The molecule has 0 radical (unpaired) electrons. The van der Waals surface area contributed by atoms with Gasteiger partial charge in [-0.05, 0) is 18.2 Å². The molecule has 0 unspecified atom stereocenters. The first-order valence-electron chi connectivity index (χ1n) is 4.85. The van der Waals surface area contributed by atoms with E-state index in [4.69, 9.17) is 11.6 Å². The van der Waals surface area contributed by atoms with E-state index < -0.39 is 0 Å². The normalized spacial score (nSPS) is 10.2. The lowest BCUT2D eigenvalue weighted by Crippen LogP contribution is -2.11. The lowest BCUT2D eigenvalue weighted by atomic mass is 10.2. The van der Waals surface area contributed by atoms with Crippen molar-refractivity contribution in [2.45, 2.75) is 0 Å². The van der Waals surface area contributed by atoms with Gasteiger partial charge in [0.05, 0.1) is 22.5 Å². The Morgan fingerprint density at radius 2 is 2.29 bits per heavy atom. The number of carbonyl (C=O) groups excluding carboxylic acids is 1. The third kappa shape index (κ3) is 2.57. The highest BCUT2D eigenvalue weighted by molar-refractivity contribution is 6.34. The highest BCUT2D eigenvalue weighted by atomic mass is 35.5. The molecule has 0 fully saturated rings. The summed E-state index contributed by atoms with van der Waals surface area (Å²) in [5, 5.41) is 16.1. The zero-order chi connectivity index (χ0) is 12.4. The van der Waals surface area contributed by atoms with Gasteiger partial charge in [-0.3, -0.25) is 9.48 Å². The van der Waals surface area contributed by atoms with Gasteiger partial charge in [-0.2, -0.15) is 5.10 Å². The van der Waals surface area contributed by atoms with E-state index in [-0.39, 0.29) is 22.2 Å². The minimum Gasteiger partial charge on any atom is -0.508 e. The van der Waals surface area contributed by atoms with E-state index in [1.165, 1.54) is 24.4 Å². The first-order valence-corrected chi connectivity index (χ1v) is 5.22. The van der Waals surface area contributed by atoms with Crippen molar-refractivity contribution in [2.24, 2.45) is 7.05 Å². The Balaban J connectivity index is 2.22. The molecule has 1 heterocycles. The molecule has 1 amide bonds. The van der Waals surface area contributed by atoms with Gasteiger partial charge < -0.3 is 10.4 Å². The van der Waals surface area contributed by atoms with E-state index in [1.807, 2.05) is 0 Å². The van der Waals surface area contributed by atoms with Crippen LogP contribution in [0.4, 0.5) is 5.69 Å². The van der Waals surface area contributed by atoms with E-state index >= 15 is 0 Å². The second kappa shape index (κ2) is 4.47. The average molecular weight is 252 g/mol. The molecule has 1 aromatic carbocycles. The fraction of sp³-hybridized carbons (Fsp3) is 0.0909. The van der Waals surface area contributed by atoms with Crippen molar-refractivity contribution in [3.63, 3.8) is 0 Å². The van der Waals surface area contributed by atoms with E-state index in [1.54, 1.807) is 17.9 Å². The Morgan fingerprint density at radius 3 is 2.94 bits per heavy atom. The van der Waals surface area contributed by atoms with Crippen molar-refractivity contribution in [2.75, 3.05) is 5.32 Å². The summed E-state index contributed by atoms with van der Waals surface area (Å²) in [6, 6.07) is 4.20. The number of aromatic nitrogens is 2. The molecule has 0 aliphatic rings. The molecule has 0 bridgehead atoms. The van der Waals surface area contributed by atoms with Gasteiger partial charge in [0.15, 0.2) is 0 Å². The fourth-order valence-corrected chi connectivity index (χ4v) is 1.57. The maximum atomic E-state index is 11.9. The number of carbonyl (C=O) groups is 1. The van der Waals surface area contributed by atoms with Crippen molar-refractivity contribution in [1.82, 2.24) is 9.78 Å². The maximum Gasteiger partial charge on any atom is 0.257 e. The van der Waals surface area contributed by atoms with Gasteiger partial charge in [-0.1, -0.05) is 11.6 Å². The number of phenols is 1.